The number of anilines is 2. The number of rotatable bonds is 5. The summed E-state index contributed by atoms with van der Waals surface area (Å²) in [5.74, 6) is -0.351. The summed E-state index contributed by atoms with van der Waals surface area (Å²) in [5, 5.41) is 7.05. The van der Waals surface area contributed by atoms with Crippen LogP contribution in [0.5, 0.6) is 5.75 Å². The van der Waals surface area contributed by atoms with Crippen molar-refractivity contribution < 1.29 is 17.9 Å². The van der Waals surface area contributed by atoms with Gasteiger partial charge in [-0.15, -0.1) is 13.2 Å². The van der Waals surface area contributed by atoms with E-state index in [1.807, 2.05) is 30.3 Å². The number of benzene rings is 2. The molecule has 9 heteroatoms. The second-order valence-corrected chi connectivity index (χ2v) is 6.39. The molecule has 0 bridgehead atoms. The van der Waals surface area contributed by atoms with Gasteiger partial charge >= 0.3 is 6.36 Å². The van der Waals surface area contributed by atoms with Gasteiger partial charge in [-0.25, -0.2) is 4.68 Å². The van der Waals surface area contributed by atoms with Crippen molar-refractivity contribution in [3.63, 3.8) is 0 Å². The van der Waals surface area contributed by atoms with E-state index in [0.29, 0.717) is 22.4 Å². The minimum absolute atomic E-state index is 0.308. The van der Waals surface area contributed by atoms with E-state index in [-0.39, 0.29) is 11.3 Å². The number of alkyl halides is 3. The lowest BCUT2D eigenvalue weighted by atomic mass is 10.2. The number of hydrogen-bond donors (Lipinski definition) is 1. The zero-order valence-corrected chi connectivity index (χ0v) is 15.3. The van der Waals surface area contributed by atoms with Gasteiger partial charge in [-0.3, -0.25) is 4.79 Å². The highest BCUT2D eigenvalue weighted by Crippen LogP contribution is 2.31. The first-order chi connectivity index (χ1) is 12.8. The Hall–Kier alpha value is -2.81. The maximum atomic E-state index is 12.3. The second-order valence-electron chi connectivity index (χ2n) is 5.54. The third-order valence-corrected chi connectivity index (χ3v) is 4.15. The molecule has 5 nitrogen and oxygen atoms in total. The minimum Gasteiger partial charge on any atom is -0.406 e. The van der Waals surface area contributed by atoms with E-state index < -0.39 is 6.36 Å². The smallest absolute Gasteiger partial charge is 0.406 e. The number of aromatic nitrogens is 2. The van der Waals surface area contributed by atoms with Crippen molar-refractivity contribution in [3.8, 4) is 5.75 Å². The van der Waals surface area contributed by atoms with E-state index in [9.17, 15) is 18.0 Å². The molecule has 0 aliphatic carbocycles. The van der Waals surface area contributed by atoms with Gasteiger partial charge in [0.15, 0.2) is 0 Å². The lowest BCUT2D eigenvalue weighted by molar-refractivity contribution is -0.274. The predicted molar refractivity (Wildman–Crippen MR) is 98.1 cm³/mol. The molecule has 1 N–H and O–H groups in total. The maximum absolute atomic E-state index is 12.3. The molecular formula is C18H13BrF3N3O2. The summed E-state index contributed by atoms with van der Waals surface area (Å²) in [7, 11) is 0. The van der Waals surface area contributed by atoms with Crippen LogP contribution < -0.4 is 15.6 Å². The molecule has 3 rings (SSSR count). The van der Waals surface area contributed by atoms with E-state index in [2.05, 4.69) is 31.1 Å². The first-order valence-corrected chi connectivity index (χ1v) is 8.53. The second kappa shape index (κ2) is 7.83. The van der Waals surface area contributed by atoms with Gasteiger partial charge < -0.3 is 10.1 Å². The Morgan fingerprint density at radius 2 is 1.85 bits per heavy atom. The van der Waals surface area contributed by atoms with Crippen molar-refractivity contribution in [2.45, 2.75) is 12.9 Å². The maximum Gasteiger partial charge on any atom is 0.573 e. The number of halogens is 4. The molecule has 3 aromatic rings. The monoisotopic (exact) mass is 439 g/mol. The van der Waals surface area contributed by atoms with Gasteiger partial charge in [0, 0.05) is 10.5 Å². The predicted octanol–water partition coefficient (Wildman–Crippen LogP) is 4.70. The van der Waals surface area contributed by atoms with Crippen molar-refractivity contribution in [2.24, 2.45) is 0 Å². The molecule has 0 aliphatic rings. The summed E-state index contributed by atoms with van der Waals surface area (Å²) in [4.78, 5) is 12.2. The molecule has 0 spiro atoms. The van der Waals surface area contributed by atoms with Crippen LogP contribution in [0, 0.1) is 0 Å². The van der Waals surface area contributed by atoms with Crippen LogP contribution in [0.3, 0.4) is 0 Å². The fraction of sp³-hybridized carbons (Fsp3) is 0.111. The molecule has 0 atom stereocenters. The quantitative estimate of drug-likeness (QED) is 0.626. The highest BCUT2D eigenvalue weighted by molar-refractivity contribution is 9.10. The van der Waals surface area contributed by atoms with Crippen molar-refractivity contribution in [3.05, 3.63) is 81.2 Å². The van der Waals surface area contributed by atoms with Crippen LogP contribution in [0.4, 0.5) is 24.5 Å². The van der Waals surface area contributed by atoms with Gasteiger partial charge in [0.25, 0.3) is 5.56 Å². The number of nitrogens with one attached hydrogen (secondary N) is 1. The van der Waals surface area contributed by atoms with Crippen LogP contribution in [0.2, 0.25) is 0 Å². The van der Waals surface area contributed by atoms with Crippen LogP contribution in [0.15, 0.2) is 70.1 Å². The van der Waals surface area contributed by atoms with Gasteiger partial charge in [0.05, 0.1) is 24.1 Å². The van der Waals surface area contributed by atoms with E-state index in [1.54, 1.807) is 0 Å². The number of hydrogen-bond acceptors (Lipinski definition) is 4. The molecule has 0 saturated heterocycles. The van der Waals surface area contributed by atoms with Crippen LogP contribution in [-0.2, 0) is 6.54 Å². The molecule has 0 unspecified atom stereocenters. The van der Waals surface area contributed by atoms with Gasteiger partial charge in [-0.05, 0) is 39.7 Å². The Bertz CT molecular complexity index is 991. The summed E-state index contributed by atoms with van der Waals surface area (Å²) in [5.41, 5.74) is 1.51. The number of ether oxygens (including phenoxy) is 1. The first kappa shape index (κ1) is 19.0. The highest BCUT2D eigenvalue weighted by atomic mass is 79.9. The first-order valence-electron chi connectivity index (χ1n) is 7.73. The summed E-state index contributed by atoms with van der Waals surface area (Å²) >= 11 is 3.18. The largest absolute Gasteiger partial charge is 0.573 e. The molecule has 0 amide bonds. The fourth-order valence-corrected chi connectivity index (χ4v) is 2.78. The van der Waals surface area contributed by atoms with Gasteiger partial charge in [0.1, 0.15) is 5.75 Å². The SMILES string of the molecule is O=c1cc(Nc2ccc(OC(F)(F)F)cc2Br)cnn1Cc1ccccc1. The van der Waals surface area contributed by atoms with E-state index in [0.717, 1.165) is 5.56 Å². The minimum atomic E-state index is -4.76. The average molecular weight is 440 g/mol. The van der Waals surface area contributed by atoms with Crippen LogP contribution >= 0.6 is 15.9 Å². The van der Waals surface area contributed by atoms with Crippen molar-refractivity contribution in [2.75, 3.05) is 5.32 Å². The molecule has 0 fully saturated rings. The molecule has 140 valence electrons. The third kappa shape index (κ3) is 5.33. The number of nitrogens with zero attached hydrogens (tertiary/aromatic N) is 2. The molecular weight excluding hydrogens is 427 g/mol. The Morgan fingerprint density at radius 1 is 1.11 bits per heavy atom. The van der Waals surface area contributed by atoms with Gasteiger partial charge in [-0.2, -0.15) is 5.10 Å². The van der Waals surface area contributed by atoms with Crippen molar-refractivity contribution in [1.29, 1.82) is 0 Å². The van der Waals surface area contributed by atoms with E-state index in [1.165, 1.54) is 35.1 Å². The summed E-state index contributed by atoms with van der Waals surface area (Å²) in [6.45, 7) is 0.340. The normalized spacial score (nSPS) is 11.3. The fourth-order valence-electron chi connectivity index (χ4n) is 2.33. The van der Waals surface area contributed by atoms with Crippen LogP contribution in [0.25, 0.3) is 0 Å². The van der Waals surface area contributed by atoms with Crippen LogP contribution in [-0.4, -0.2) is 16.1 Å². The van der Waals surface area contributed by atoms with E-state index >= 15 is 0 Å². The summed E-state index contributed by atoms with van der Waals surface area (Å²) < 4.78 is 42.3. The molecule has 2 aromatic carbocycles. The molecule has 0 aliphatic heterocycles. The zero-order chi connectivity index (χ0) is 19.4. The van der Waals surface area contributed by atoms with Gasteiger partial charge in [0.2, 0.25) is 0 Å². The lowest BCUT2D eigenvalue weighted by Gasteiger charge is -2.12. The topological polar surface area (TPSA) is 56.1 Å². The van der Waals surface area contributed by atoms with Gasteiger partial charge in [-0.1, -0.05) is 30.3 Å². The van der Waals surface area contributed by atoms with E-state index in [4.69, 9.17) is 0 Å². The van der Waals surface area contributed by atoms with Crippen molar-refractivity contribution >= 4 is 27.3 Å². The molecule has 0 saturated carbocycles. The lowest BCUT2D eigenvalue weighted by Crippen LogP contribution is -2.22. The summed E-state index contributed by atoms with van der Waals surface area (Å²) in [6.07, 6.45) is -3.29. The average Bonchev–Trinajstić information content (AvgIpc) is 2.59. The zero-order valence-electron chi connectivity index (χ0n) is 13.7. The Labute approximate surface area is 160 Å². The Morgan fingerprint density at radius 3 is 2.48 bits per heavy atom. The molecule has 0 radical (unpaired) electrons. The molecule has 27 heavy (non-hydrogen) atoms. The Kier molecular flexibility index (Phi) is 5.50. The highest BCUT2D eigenvalue weighted by Gasteiger charge is 2.31. The summed E-state index contributed by atoms with van der Waals surface area (Å²) in [6, 6.07) is 14.5. The third-order valence-electron chi connectivity index (χ3n) is 3.50. The van der Waals surface area contributed by atoms with Crippen molar-refractivity contribution in [1.82, 2.24) is 9.78 Å². The van der Waals surface area contributed by atoms with Crippen LogP contribution in [0.1, 0.15) is 5.56 Å². The molecule has 1 heterocycles. The standard InChI is InChI=1S/C18H13BrF3N3O2/c19-15-9-14(27-18(20,21)22)6-7-16(15)24-13-8-17(26)25(23-10-13)11-12-4-2-1-3-5-12/h1-10,24H,11H2. The molecule has 1 aromatic heterocycles. The Balaban J connectivity index is 1.74.